The Bertz CT molecular complexity index is 2430. The van der Waals surface area contributed by atoms with E-state index in [1.54, 1.807) is 36.4 Å². The summed E-state index contributed by atoms with van der Waals surface area (Å²) in [6.45, 7) is 0.915. The van der Waals surface area contributed by atoms with Gasteiger partial charge in [-0.25, -0.2) is 18.0 Å². The number of anilines is 2. The Labute approximate surface area is 339 Å². The van der Waals surface area contributed by atoms with Crippen LogP contribution in [-0.4, -0.2) is 69.9 Å². The zero-order valence-corrected chi connectivity index (χ0v) is 33.0. The lowest BCUT2D eigenvalue weighted by Gasteiger charge is -2.22. The molecule has 1 amide bonds. The van der Waals surface area contributed by atoms with E-state index in [1.807, 2.05) is 84.2 Å². The van der Waals surface area contributed by atoms with E-state index in [0.717, 1.165) is 37.1 Å². The topological polar surface area (TPSA) is 104 Å². The monoisotopic (exact) mass is 814 g/mol. The van der Waals surface area contributed by atoms with Crippen LogP contribution in [0.4, 0.5) is 30.2 Å². The van der Waals surface area contributed by atoms with Gasteiger partial charge >= 0.3 is 5.97 Å². The van der Waals surface area contributed by atoms with Crippen LogP contribution >= 0.6 is 11.6 Å². The van der Waals surface area contributed by atoms with Crippen LogP contribution in [-0.2, 0) is 9.47 Å². The molecule has 0 saturated heterocycles. The van der Waals surface area contributed by atoms with E-state index in [2.05, 4.69) is 5.32 Å². The van der Waals surface area contributed by atoms with Crippen molar-refractivity contribution in [3.8, 4) is 22.5 Å². The molecule has 2 aliphatic rings. The summed E-state index contributed by atoms with van der Waals surface area (Å²) in [7, 11) is 3.69. The Balaban J connectivity index is 1.40. The summed E-state index contributed by atoms with van der Waals surface area (Å²) in [4.78, 5) is 28.0. The van der Waals surface area contributed by atoms with Gasteiger partial charge in [0.25, 0.3) is 5.91 Å². The van der Waals surface area contributed by atoms with E-state index in [4.69, 9.17) is 25.5 Å². The number of carbonyl (C=O) groups is 2. The molecule has 1 aliphatic carbocycles. The molecule has 0 unspecified atom stereocenters. The van der Waals surface area contributed by atoms with Gasteiger partial charge in [-0.15, -0.1) is 11.6 Å². The molecule has 58 heavy (non-hydrogen) atoms. The standard InChI is InChI=1S/C45H43ClF3N3O6/c1-51(29-13-7-5-8-14-29)31-17-19-33-35(27-31)58-36-28-32(52(2)30-15-9-6-10-16-30)18-20-34(36)37(33)38-39(45(54)55)42(48)43(49)40(41(38)47)44(53)50-22-24-57-26-25-56-23-12-4-3-11-21-46/h5-10,13-20,27-28H,3-4,11-12,21-26H2,1-2H3,(H-,50,53,54,55)/p+1. The maximum atomic E-state index is 17.0. The van der Waals surface area contributed by atoms with E-state index in [0.29, 0.717) is 30.1 Å². The van der Waals surface area contributed by atoms with Crippen molar-refractivity contribution in [3.05, 3.63) is 131 Å². The number of nitrogens with zero attached hydrogens (tertiary/aromatic N) is 2. The van der Waals surface area contributed by atoms with Crippen LogP contribution in [0.2, 0.25) is 0 Å². The van der Waals surface area contributed by atoms with Gasteiger partial charge in [0.15, 0.2) is 11.6 Å². The number of nitrogens with one attached hydrogen (secondary N) is 1. The van der Waals surface area contributed by atoms with Gasteiger partial charge in [-0.1, -0.05) is 49.2 Å². The van der Waals surface area contributed by atoms with Crippen molar-refractivity contribution in [3.63, 3.8) is 0 Å². The second-order valence-corrected chi connectivity index (χ2v) is 14.0. The maximum absolute atomic E-state index is 17.0. The average molecular weight is 815 g/mol. The average Bonchev–Trinajstić information content (AvgIpc) is 3.24. The van der Waals surface area contributed by atoms with Gasteiger partial charge < -0.3 is 29.2 Å². The number of alkyl halides is 1. The first-order valence-electron chi connectivity index (χ1n) is 19.0. The Kier molecular flexibility index (Phi) is 14.2. The Morgan fingerprint density at radius 2 is 1.43 bits per heavy atom. The van der Waals surface area contributed by atoms with E-state index in [-0.39, 0.29) is 47.6 Å². The number of unbranched alkanes of at least 4 members (excludes halogenated alkanes) is 3. The molecule has 4 aromatic rings. The number of para-hydroxylation sites is 2. The molecule has 4 aromatic carbocycles. The molecule has 0 spiro atoms. The number of fused-ring (bicyclic) bond motifs is 2. The van der Waals surface area contributed by atoms with Crippen LogP contribution in [0.15, 0.2) is 101 Å². The molecular weight excluding hydrogens is 771 g/mol. The molecule has 0 fully saturated rings. The van der Waals surface area contributed by atoms with Crippen LogP contribution in [0.3, 0.4) is 0 Å². The van der Waals surface area contributed by atoms with Crippen molar-refractivity contribution in [2.75, 3.05) is 57.8 Å². The highest BCUT2D eigenvalue weighted by molar-refractivity contribution is 6.17. The highest BCUT2D eigenvalue weighted by Gasteiger charge is 2.35. The lowest BCUT2D eigenvalue weighted by molar-refractivity contribution is 0.0468. The largest absolute Gasteiger partial charge is 0.478 e. The van der Waals surface area contributed by atoms with Gasteiger partial charge in [0.05, 0.1) is 25.9 Å². The van der Waals surface area contributed by atoms with Crippen molar-refractivity contribution in [2.45, 2.75) is 25.7 Å². The number of ether oxygens (including phenoxy) is 2. The molecule has 0 aromatic heterocycles. The quantitative estimate of drug-likeness (QED) is 0.0293. The number of rotatable bonds is 18. The van der Waals surface area contributed by atoms with Crippen LogP contribution < -0.4 is 20.1 Å². The molecule has 13 heteroatoms. The summed E-state index contributed by atoms with van der Waals surface area (Å²) in [6.07, 6.45) is 3.90. The number of halogens is 4. The lowest BCUT2D eigenvalue weighted by Crippen LogP contribution is -2.30. The van der Waals surface area contributed by atoms with Crippen molar-refractivity contribution >= 4 is 51.5 Å². The van der Waals surface area contributed by atoms with E-state index in [1.165, 1.54) is 0 Å². The Morgan fingerprint density at radius 1 is 0.759 bits per heavy atom. The van der Waals surface area contributed by atoms with Gasteiger partial charge in [-0.2, -0.15) is 4.58 Å². The second kappa shape index (κ2) is 19.6. The SMILES string of the molecule is CN(c1ccccc1)c1ccc2c(-c3c(F)c(C(=O)NCCOCCOCCCCCCCl)c(F)c(F)c3C(=O)O)c3cc/c(=[N+](/C)c4ccccc4)cc-3oc2c1. The molecule has 0 bridgehead atoms. The smallest absolute Gasteiger partial charge is 0.339 e. The fourth-order valence-electron chi connectivity index (χ4n) is 6.75. The molecule has 0 atom stereocenters. The first-order valence-corrected chi connectivity index (χ1v) is 19.5. The minimum atomic E-state index is -1.93. The number of carboxylic acids is 1. The van der Waals surface area contributed by atoms with Gasteiger partial charge in [-0.3, -0.25) is 4.79 Å². The molecule has 1 heterocycles. The molecule has 1 aliphatic heterocycles. The number of amides is 1. The number of carbonyl (C=O) groups excluding carboxylic acids is 1. The molecule has 0 radical (unpaired) electrons. The van der Waals surface area contributed by atoms with Crippen molar-refractivity contribution in [1.29, 1.82) is 0 Å². The van der Waals surface area contributed by atoms with Crippen LogP contribution in [0.1, 0.15) is 46.4 Å². The molecule has 302 valence electrons. The van der Waals surface area contributed by atoms with Crippen LogP contribution in [0, 0.1) is 17.5 Å². The molecular formula is C45H44ClF3N3O6+. The molecule has 0 saturated carbocycles. The first kappa shape index (κ1) is 41.9. The number of carboxylic acid groups (broad SMARTS) is 1. The number of hydrogen-bond donors (Lipinski definition) is 2. The minimum Gasteiger partial charge on any atom is -0.478 e. The summed E-state index contributed by atoms with van der Waals surface area (Å²) in [6, 6.07) is 29.0. The van der Waals surface area contributed by atoms with E-state index in [9.17, 15) is 14.7 Å². The molecule has 2 N–H and O–H groups in total. The van der Waals surface area contributed by atoms with Gasteiger partial charge in [-0.05, 0) is 43.2 Å². The zero-order chi connectivity index (χ0) is 41.2. The van der Waals surface area contributed by atoms with Gasteiger partial charge in [0.2, 0.25) is 11.0 Å². The third-order valence-corrected chi connectivity index (χ3v) is 10.1. The summed E-state index contributed by atoms with van der Waals surface area (Å²) in [5.41, 5.74) is -0.649. The molecule has 9 nitrogen and oxygen atoms in total. The highest BCUT2D eigenvalue weighted by Crippen LogP contribution is 2.45. The second-order valence-electron chi connectivity index (χ2n) is 13.6. The normalized spacial score (nSPS) is 11.9. The zero-order valence-electron chi connectivity index (χ0n) is 32.2. The Hall–Kier alpha value is -5.69. The number of hydrogen-bond acceptors (Lipinski definition) is 6. The maximum Gasteiger partial charge on any atom is 0.339 e. The predicted molar refractivity (Wildman–Crippen MR) is 220 cm³/mol. The minimum absolute atomic E-state index is 0.0222. The fourth-order valence-corrected chi connectivity index (χ4v) is 6.94. The van der Waals surface area contributed by atoms with E-state index >= 15 is 13.2 Å². The van der Waals surface area contributed by atoms with Crippen LogP contribution in [0.25, 0.3) is 33.4 Å². The third kappa shape index (κ3) is 9.36. The first-order chi connectivity index (χ1) is 28.1. The van der Waals surface area contributed by atoms with Gasteiger partial charge in [0.1, 0.15) is 35.3 Å². The summed E-state index contributed by atoms with van der Waals surface area (Å²) in [5, 5.41) is 13.5. The highest BCUT2D eigenvalue weighted by atomic mass is 35.5. The van der Waals surface area contributed by atoms with Gasteiger partial charge in [0, 0.05) is 83.8 Å². The summed E-state index contributed by atoms with van der Waals surface area (Å²) < 4.78 is 68.1. The van der Waals surface area contributed by atoms with Crippen molar-refractivity contribution in [2.24, 2.45) is 0 Å². The Morgan fingerprint density at radius 3 is 2.14 bits per heavy atom. The summed E-state index contributed by atoms with van der Waals surface area (Å²) >= 11 is 5.69. The van der Waals surface area contributed by atoms with Crippen LogP contribution in [0.5, 0.6) is 0 Å². The predicted octanol–water partition coefficient (Wildman–Crippen LogP) is 9.38. The van der Waals surface area contributed by atoms with Crippen molar-refractivity contribution < 1.29 is 41.8 Å². The number of benzene rings is 5. The fraction of sp³-hybridized carbons (Fsp3) is 0.267. The molecule has 6 rings (SSSR count). The third-order valence-electron chi connectivity index (χ3n) is 9.84. The van der Waals surface area contributed by atoms with Crippen molar-refractivity contribution in [1.82, 2.24) is 9.89 Å². The summed E-state index contributed by atoms with van der Waals surface area (Å²) in [5.74, 6) is -7.73. The lowest BCUT2D eigenvalue weighted by atomic mass is 9.88. The number of aromatic carboxylic acids is 1. The van der Waals surface area contributed by atoms with E-state index < -0.39 is 46.0 Å².